The molecule has 0 spiro atoms. The lowest BCUT2D eigenvalue weighted by Gasteiger charge is -2.13. The number of hydrogen-bond donors (Lipinski definition) is 1. The van der Waals surface area contributed by atoms with Gasteiger partial charge in [-0.15, -0.1) is 12.4 Å². The topological polar surface area (TPSA) is 30.5 Å². The summed E-state index contributed by atoms with van der Waals surface area (Å²) in [4.78, 5) is 0. The molecule has 0 aliphatic rings. The molecule has 0 fully saturated rings. The third-order valence-corrected chi connectivity index (χ3v) is 3.97. The molecule has 136 valence electrons. The monoisotopic (exact) mass is 369 g/mol. The van der Waals surface area contributed by atoms with Gasteiger partial charge in [0.2, 0.25) is 0 Å². The van der Waals surface area contributed by atoms with Gasteiger partial charge in [-0.1, -0.05) is 66.7 Å². The van der Waals surface area contributed by atoms with Crippen LogP contribution in [0.1, 0.15) is 16.7 Å². The maximum Gasteiger partial charge on any atom is 0.161 e. The Balaban J connectivity index is 0.00000243. The van der Waals surface area contributed by atoms with Crippen LogP contribution in [-0.2, 0) is 19.7 Å². The van der Waals surface area contributed by atoms with Crippen molar-refractivity contribution in [3.8, 4) is 11.5 Å². The van der Waals surface area contributed by atoms with Crippen LogP contribution in [0.4, 0.5) is 0 Å². The van der Waals surface area contributed by atoms with Gasteiger partial charge in [0.25, 0.3) is 0 Å². The molecule has 3 nitrogen and oxygen atoms in total. The molecule has 0 aliphatic heterocycles. The van der Waals surface area contributed by atoms with Crippen molar-refractivity contribution < 1.29 is 9.47 Å². The van der Waals surface area contributed by atoms with Crippen LogP contribution < -0.4 is 14.8 Å². The van der Waals surface area contributed by atoms with Crippen molar-refractivity contribution in [3.63, 3.8) is 0 Å². The molecular formula is C22H24ClNO2. The fraction of sp³-hybridized carbons (Fsp3) is 0.182. The number of benzene rings is 3. The fourth-order valence-corrected chi connectivity index (χ4v) is 2.62. The van der Waals surface area contributed by atoms with Crippen molar-refractivity contribution in [1.82, 2.24) is 5.32 Å². The lowest BCUT2D eigenvalue weighted by molar-refractivity contribution is 0.284. The largest absolute Gasteiger partial charge is 0.493 e. The van der Waals surface area contributed by atoms with Gasteiger partial charge in [0.05, 0.1) is 7.11 Å². The smallest absolute Gasteiger partial charge is 0.161 e. The molecule has 26 heavy (non-hydrogen) atoms. The van der Waals surface area contributed by atoms with Gasteiger partial charge in [-0.25, -0.2) is 0 Å². The lowest BCUT2D eigenvalue weighted by Crippen LogP contribution is -2.12. The Hall–Kier alpha value is -2.49. The van der Waals surface area contributed by atoms with Crippen molar-refractivity contribution in [3.05, 3.63) is 95.6 Å². The number of ether oxygens (including phenoxy) is 2. The normalized spacial score (nSPS) is 10.0. The summed E-state index contributed by atoms with van der Waals surface area (Å²) >= 11 is 0. The number of methoxy groups -OCH3 is 1. The first-order valence-electron chi connectivity index (χ1n) is 8.43. The molecule has 0 aliphatic carbocycles. The molecule has 0 radical (unpaired) electrons. The Bertz CT molecular complexity index is 779. The molecule has 0 aromatic heterocycles. The molecule has 0 saturated heterocycles. The van der Waals surface area contributed by atoms with E-state index in [0.29, 0.717) is 6.61 Å². The molecule has 0 amide bonds. The predicted octanol–water partition coefficient (Wildman–Crippen LogP) is 4.99. The molecule has 3 rings (SSSR count). The Morgan fingerprint density at radius 3 is 1.96 bits per heavy atom. The van der Waals surface area contributed by atoms with Crippen LogP contribution in [0.3, 0.4) is 0 Å². The first kappa shape index (κ1) is 19.8. The van der Waals surface area contributed by atoms with Gasteiger partial charge in [0, 0.05) is 13.1 Å². The Labute approximate surface area is 161 Å². The van der Waals surface area contributed by atoms with Gasteiger partial charge >= 0.3 is 0 Å². The maximum atomic E-state index is 5.90. The molecule has 0 unspecified atom stereocenters. The van der Waals surface area contributed by atoms with E-state index in [1.165, 1.54) is 11.1 Å². The molecule has 0 heterocycles. The first-order chi connectivity index (χ1) is 12.3. The summed E-state index contributed by atoms with van der Waals surface area (Å²) in [6, 6.07) is 26.6. The van der Waals surface area contributed by atoms with Crippen molar-refractivity contribution in [2.24, 2.45) is 0 Å². The molecule has 0 bridgehead atoms. The van der Waals surface area contributed by atoms with Gasteiger partial charge in [0.1, 0.15) is 6.61 Å². The van der Waals surface area contributed by atoms with Gasteiger partial charge < -0.3 is 14.8 Å². The van der Waals surface area contributed by atoms with Gasteiger partial charge in [-0.05, 0) is 28.8 Å². The molecule has 0 atom stereocenters. The highest BCUT2D eigenvalue weighted by molar-refractivity contribution is 5.85. The van der Waals surface area contributed by atoms with E-state index in [2.05, 4.69) is 35.6 Å². The average Bonchev–Trinajstić information content (AvgIpc) is 2.68. The molecule has 1 N–H and O–H groups in total. The third-order valence-electron chi connectivity index (χ3n) is 3.97. The summed E-state index contributed by atoms with van der Waals surface area (Å²) in [6.07, 6.45) is 0. The Morgan fingerprint density at radius 2 is 1.31 bits per heavy atom. The van der Waals surface area contributed by atoms with E-state index in [4.69, 9.17) is 9.47 Å². The van der Waals surface area contributed by atoms with Gasteiger partial charge in [-0.3, -0.25) is 0 Å². The first-order valence-corrected chi connectivity index (χ1v) is 8.43. The highest BCUT2D eigenvalue weighted by atomic mass is 35.5. The molecule has 0 saturated carbocycles. The molecule has 4 heteroatoms. The highest BCUT2D eigenvalue weighted by Crippen LogP contribution is 2.28. The molecule has 3 aromatic rings. The van der Waals surface area contributed by atoms with E-state index < -0.39 is 0 Å². The van der Waals surface area contributed by atoms with Gasteiger partial charge in [0.15, 0.2) is 11.5 Å². The van der Waals surface area contributed by atoms with E-state index >= 15 is 0 Å². The van der Waals surface area contributed by atoms with Crippen LogP contribution in [-0.4, -0.2) is 7.11 Å². The van der Waals surface area contributed by atoms with Gasteiger partial charge in [-0.2, -0.15) is 0 Å². The van der Waals surface area contributed by atoms with E-state index in [0.717, 1.165) is 30.2 Å². The summed E-state index contributed by atoms with van der Waals surface area (Å²) in [5.74, 6) is 1.52. The van der Waals surface area contributed by atoms with Crippen molar-refractivity contribution in [2.45, 2.75) is 19.7 Å². The number of nitrogens with one attached hydrogen (secondary N) is 1. The third kappa shape index (κ3) is 5.80. The zero-order valence-corrected chi connectivity index (χ0v) is 15.7. The fourth-order valence-electron chi connectivity index (χ4n) is 2.62. The van der Waals surface area contributed by atoms with Crippen molar-refractivity contribution >= 4 is 12.4 Å². The second-order valence-electron chi connectivity index (χ2n) is 5.85. The second kappa shape index (κ2) is 10.5. The van der Waals surface area contributed by atoms with Crippen LogP contribution >= 0.6 is 12.4 Å². The molecular weight excluding hydrogens is 346 g/mol. The number of hydrogen-bond acceptors (Lipinski definition) is 3. The van der Waals surface area contributed by atoms with E-state index in [-0.39, 0.29) is 12.4 Å². The Kier molecular flexibility index (Phi) is 8.00. The summed E-state index contributed by atoms with van der Waals surface area (Å²) in [5.41, 5.74) is 3.58. The summed E-state index contributed by atoms with van der Waals surface area (Å²) in [7, 11) is 1.67. The van der Waals surface area contributed by atoms with Crippen LogP contribution in [0.5, 0.6) is 11.5 Å². The minimum Gasteiger partial charge on any atom is -0.493 e. The standard InChI is InChI=1S/C22H23NO2.ClH/c1-24-22-14-20(16-23-15-18-8-4-2-5-9-18)12-13-21(22)25-17-19-10-6-3-7-11-19;/h2-14,23H,15-17H2,1H3;1H. The van der Waals surface area contributed by atoms with Crippen LogP contribution in [0.15, 0.2) is 78.9 Å². The summed E-state index contributed by atoms with van der Waals surface area (Å²) < 4.78 is 11.4. The molecule has 3 aromatic carbocycles. The van der Waals surface area contributed by atoms with Crippen LogP contribution in [0.25, 0.3) is 0 Å². The summed E-state index contributed by atoms with van der Waals surface area (Å²) in [6.45, 7) is 2.16. The van der Waals surface area contributed by atoms with Crippen molar-refractivity contribution in [2.75, 3.05) is 7.11 Å². The van der Waals surface area contributed by atoms with E-state index in [9.17, 15) is 0 Å². The van der Waals surface area contributed by atoms with Crippen molar-refractivity contribution in [1.29, 1.82) is 0 Å². The predicted molar refractivity (Wildman–Crippen MR) is 108 cm³/mol. The minimum absolute atomic E-state index is 0. The minimum atomic E-state index is 0. The number of halogens is 1. The zero-order chi connectivity index (χ0) is 17.3. The maximum absolute atomic E-state index is 5.90. The SMILES string of the molecule is COc1cc(CNCc2ccccc2)ccc1OCc1ccccc1.Cl. The second-order valence-corrected chi connectivity index (χ2v) is 5.85. The number of rotatable bonds is 8. The zero-order valence-electron chi connectivity index (χ0n) is 14.9. The average molecular weight is 370 g/mol. The van der Waals surface area contributed by atoms with Crippen LogP contribution in [0.2, 0.25) is 0 Å². The highest BCUT2D eigenvalue weighted by Gasteiger charge is 2.06. The quantitative estimate of drug-likeness (QED) is 0.607. The lowest BCUT2D eigenvalue weighted by atomic mass is 10.2. The van der Waals surface area contributed by atoms with E-state index in [1.54, 1.807) is 7.11 Å². The summed E-state index contributed by atoms with van der Waals surface area (Å²) in [5, 5.41) is 3.45. The Morgan fingerprint density at radius 1 is 0.692 bits per heavy atom. The van der Waals surface area contributed by atoms with Crippen LogP contribution in [0, 0.1) is 0 Å². The van der Waals surface area contributed by atoms with E-state index in [1.807, 2.05) is 48.5 Å².